The second kappa shape index (κ2) is 3.59. The van der Waals surface area contributed by atoms with Crippen LogP contribution in [0.5, 0.6) is 0 Å². The molecule has 1 aromatic heterocycles. The Kier molecular flexibility index (Phi) is 2.08. The van der Waals surface area contributed by atoms with Crippen molar-refractivity contribution in [1.29, 1.82) is 0 Å². The molecule has 1 fully saturated rings. The number of carbonyl (C=O) groups excluding carboxylic acids is 1. The summed E-state index contributed by atoms with van der Waals surface area (Å²) in [5.41, 5.74) is 8.39. The fraction of sp³-hybridized carbons (Fsp3) is 0.615. The van der Waals surface area contributed by atoms with Crippen LogP contribution in [-0.4, -0.2) is 20.9 Å². The Bertz CT molecular complexity index is 594. The van der Waals surface area contributed by atoms with Crippen molar-refractivity contribution in [1.82, 2.24) is 15.0 Å². The van der Waals surface area contributed by atoms with Crippen molar-refractivity contribution in [3.05, 3.63) is 17.0 Å². The highest BCUT2D eigenvalue weighted by Gasteiger charge is 2.47. The summed E-state index contributed by atoms with van der Waals surface area (Å²) in [5, 5.41) is 11.6. The Morgan fingerprint density at radius 2 is 2.05 bits per heavy atom. The van der Waals surface area contributed by atoms with Crippen molar-refractivity contribution < 1.29 is 4.79 Å². The van der Waals surface area contributed by atoms with E-state index in [0.717, 1.165) is 25.7 Å². The molecule has 6 nitrogen and oxygen atoms in total. The van der Waals surface area contributed by atoms with Crippen LogP contribution in [-0.2, 0) is 5.54 Å². The van der Waals surface area contributed by atoms with Crippen molar-refractivity contribution in [3.8, 4) is 0 Å². The van der Waals surface area contributed by atoms with Crippen LogP contribution >= 0.6 is 0 Å². The lowest BCUT2D eigenvalue weighted by Gasteiger charge is -2.37. The van der Waals surface area contributed by atoms with Crippen LogP contribution in [0, 0.1) is 0 Å². The van der Waals surface area contributed by atoms with Crippen LogP contribution in [0.1, 0.15) is 55.4 Å². The van der Waals surface area contributed by atoms with Crippen molar-refractivity contribution in [3.63, 3.8) is 0 Å². The summed E-state index contributed by atoms with van der Waals surface area (Å²) < 4.78 is 1.93. The Labute approximate surface area is 111 Å². The number of allylic oxidation sites excluding steroid dienone is 2. The number of nitrogens with one attached hydrogen (secondary N) is 1. The molecule has 0 radical (unpaired) electrons. The molecule has 0 atom stereocenters. The summed E-state index contributed by atoms with van der Waals surface area (Å²) in [5.74, 6) is 0.194. The third kappa shape index (κ3) is 1.29. The zero-order chi connectivity index (χ0) is 13.0. The van der Waals surface area contributed by atoms with E-state index in [4.69, 9.17) is 5.73 Å². The van der Waals surface area contributed by atoms with E-state index in [1.165, 1.54) is 30.5 Å². The van der Waals surface area contributed by atoms with Crippen LogP contribution in [0.15, 0.2) is 11.3 Å². The molecule has 6 heteroatoms. The third-order valence-electron chi connectivity index (χ3n) is 4.79. The maximum Gasteiger partial charge on any atom is 0.273 e. The number of nitrogens with two attached hydrogens (primary N) is 1. The quantitative estimate of drug-likeness (QED) is 0.800. The lowest BCUT2D eigenvalue weighted by Crippen LogP contribution is -2.38. The average molecular weight is 259 g/mol. The number of fused-ring (bicyclic) bond motifs is 3. The molecule has 2 heterocycles. The summed E-state index contributed by atoms with van der Waals surface area (Å²) >= 11 is 0. The highest BCUT2D eigenvalue weighted by atomic mass is 16.1. The molecule has 4 rings (SSSR count). The minimum absolute atomic E-state index is 0.0346. The molecular weight excluding hydrogens is 242 g/mol. The van der Waals surface area contributed by atoms with Crippen molar-refractivity contribution in [2.45, 2.75) is 50.5 Å². The molecule has 0 bridgehead atoms. The van der Waals surface area contributed by atoms with Crippen LogP contribution in [0.4, 0.5) is 5.82 Å². The van der Waals surface area contributed by atoms with Gasteiger partial charge in [-0.15, -0.1) is 5.10 Å². The molecule has 0 aromatic carbocycles. The number of amides is 1. The number of hydrogen-bond donors (Lipinski definition) is 2. The SMILES string of the molecule is NC(=O)c1nnn2c1NC1=C(CCC1)C21CCCC1. The number of primary amides is 1. The maximum absolute atomic E-state index is 11.5. The molecule has 1 aromatic rings. The molecule has 3 N–H and O–H groups in total. The van der Waals surface area contributed by atoms with E-state index < -0.39 is 5.91 Å². The fourth-order valence-electron chi connectivity index (χ4n) is 4.00. The molecule has 19 heavy (non-hydrogen) atoms. The Hall–Kier alpha value is -1.85. The highest BCUT2D eigenvalue weighted by molar-refractivity contribution is 5.96. The van der Waals surface area contributed by atoms with Gasteiger partial charge in [0.2, 0.25) is 0 Å². The van der Waals surface area contributed by atoms with Gasteiger partial charge in [-0.2, -0.15) is 0 Å². The molecule has 2 aliphatic carbocycles. The lowest BCUT2D eigenvalue weighted by atomic mass is 9.85. The Morgan fingerprint density at radius 3 is 2.79 bits per heavy atom. The molecule has 0 saturated heterocycles. The first kappa shape index (κ1) is 11.0. The van der Waals surface area contributed by atoms with E-state index in [2.05, 4.69) is 15.6 Å². The van der Waals surface area contributed by atoms with E-state index in [1.54, 1.807) is 0 Å². The normalized spacial score (nSPS) is 23.4. The predicted octanol–water partition coefficient (Wildman–Crippen LogP) is 1.51. The monoisotopic (exact) mass is 259 g/mol. The van der Waals surface area contributed by atoms with Crippen molar-refractivity contribution in [2.24, 2.45) is 5.73 Å². The second-order valence-corrected chi connectivity index (χ2v) is 5.74. The first-order valence-electron chi connectivity index (χ1n) is 6.98. The van der Waals surface area contributed by atoms with Gasteiger partial charge < -0.3 is 11.1 Å². The lowest BCUT2D eigenvalue weighted by molar-refractivity contribution is 0.0996. The molecule has 3 aliphatic rings. The standard InChI is InChI=1S/C13H17N5O/c14-11(19)10-12-15-9-5-3-4-8(9)13(6-1-2-7-13)18(12)17-16-10/h15H,1-7H2,(H2,14,19). The van der Waals surface area contributed by atoms with E-state index in [1.807, 2.05) is 4.68 Å². The molecule has 0 unspecified atom stereocenters. The van der Waals surface area contributed by atoms with E-state index in [0.29, 0.717) is 5.82 Å². The summed E-state index contributed by atoms with van der Waals surface area (Å²) in [7, 11) is 0. The molecule has 1 saturated carbocycles. The fourth-order valence-corrected chi connectivity index (χ4v) is 4.00. The van der Waals surface area contributed by atoms with Gasteiger partial charge in [0.05, 0.1) is 5.54 Å². The van der Waals surface area contributed by atoms with E-state index >= 15 is 0 Å². The maximum atomic E-state index is 11.5. The van der Waals surface area contributed by atoms with Gasteiger partial charge in [0.25, 0.3) is 5.91 Å². The van der Waals surface area contributed by atoms with E-state index in [-0.39, 0.29) is 11.2 Å². The zero-order valence-corrected chi connectivity index (χ0v) is 10.8. The van der Waals surface area contributed by atoms with Gasteiger partial charge >= 0.3 is 0 Å². The minimum Gasteiger partial charge on any atom is -0.364 e. The largest absolute Gasteiger partial charge is 0.364 e. The molecule has 1 amide bonds. The van der Waals surface area contributed by atoms with Gasteiger partial charge in [-0.3, -0.25) is 4.79 Å². The van der Waals surface area contributed by atoms with Crippen LogP contribution in [0.25, 0.3) is 0 Å². The van der Waals surface area contributed by atoms with Crippen molar-refractivity contribution in [2.75, 3.05) is 5.32 Å². The second-order valence-electron chi connectivity index (χ2n) is 5.74. The van der Waals surface area contributed by atoms with Crippen molar-refractivity contribution >= 4 is 11.7 Å². The molecular formula is C13H17N5O. The smallest absolute Gasteiger partial charge is 0.273 e. The van der Waals surface area contributed by atoms with Gasteiger partial charge in [-0.25, -0.2) is 4.68 Å². The third-order valence-corrected chi connectivity index (χ3v) is 4.79. The number of carbonyl (C=O) groups is 1. The van der Waals surface area contributed by atoms with E-state index in [9.17, 15) is 4.79 Å². The molecule has 1 spiro atoms. The minimum atomic E-state index is -0.510. The number of rotatable bonds is 1. The van der Waals surface area contributed by atoms with Gasteiger partial charge in [0, 0.05) is 5.70 Å². The topological polar surface area (TPSA) is 85.8 Å². The summed E-state index contributed by atoms with van der Waals surface area (Å²) in [6.45, 7) is 0. The molecule has 1 aliphatic heterocycles. The van der Waals surface area contributed by atoms with Gasteiger partial charge in [0.1, 0.15) is 0 Å². The summed E-state index contributed by atoms with van der Waals surface area (Å²) in [6, 6.07) is 0. The molecule has 100 valence electrons. The number of hydrogen-bond acceptors (Lipinski definition) is 4. The van der Waals surface area contributed by atoms with Crippen LogP contribution < -0.4 is 11.1 Å². The Morgan fingerprint density at radius 1 is 1.26 bits per heavy atom. The summed E-state index contributed by atoms with van der Waals surface area (Å²) in [4.78, 5) is 11.5. The first-order valence-corrected chi connectivity index (χ1v) is 6.98. The Balaban J connectivity index is 1.93. The zero-order valence-electron chi connectivity index (χ0n) is 10.8. The average Bonchev–Trinajstić information content (AvgIpc) is 3.06. The van der Waals surface area contributed by atoms with Crippen LogP contribution in [0.3, 0.4) is 0 Å². The van der Waals surface area contributed by atoms with Gasteiger partial charge in [-0.1, -0.05) is 18.1 Å². The van der Waals surface area contributed by atoms with Gasteiger partial charge in [-0.05, 0) is 37.7 Å². The predicted molar refractivity (Wildman–Crippen MR) is 69.5 cm³/mol. The number of nitrogens with zero attached hydrogens (tertiary/aromatic N) is 3. The number of anilines is 1. The highest BCUT2D eigenvalue weighted by Crippen LogP contribution is 2.51. The first-order chi connectivity index (χ1) is 9.22. The van der Waals surface area contributed by atoms with Gasteiger partial charge in [0.15, 0.2) is 11.5 Å². The van der Waals surface area contributed by atoms with Crippen LogP contribution in [0.2, 0.25) is 0 Å². The number of aromatic nitrogens is 3. The summed E-state index contributed by atoms with van der Waals surface area (Å²) in [6.07, 6.45) is 7.99.